The maximum atomic E-state index is 6.05. The molecule has 0 atom stereocenters. The largest absolute Gasteiger partial charge is 0.309 e. The van der Waals surface area contributed by atoms with Gasteiger partial charge in [-0.2, -0.15) is 0 Å². The average Bonchev–Trinajstić information content (AvgIpc) is 3.17. The molecule has 5 heteroatoms. The molecule has 20 heavy (non-hydrogen) atoms. The Morgan fingerprint density at radius 3 is 2.80 bits per heavy atom. The smallest absolute Gasteiger partial charge is 0.0975 e. The molecular weight excluding hydrogens is 311 g/mol. The van der Waals surface area contributed by atoms with E-state index in [0.29, 0.717) is 10.0 Å². The van der Waals surface area contributed by atoms with E-state index in [4.69, 9.17) is 23.2 Å². The molecule has 1 fully saturated rings. The molecule has 0 amide bonds. The summed E-state index contributed by atoms with van der Waals surface area (Å²) in [7, 11) is 0. The van der Waals surface area contributed by atoms with Gasteiger partial charge in [-0.1, -0.05) is 29.3 Å². The predicted octanol–water partition coefficient (Wildman–Crippen LogP) is 4.60. The number of hydrogen-bond donors (Lipinski definition) is 1. The molecule has 2 aromatic rings. The number of aromatic nitrogens is 1. The zero-order valence-electron chi connectivity index (χ0n) is 11.2. The maximum Gasteiger partial charge on any atom is 0.0975 e. The highest BCUT2D eigenvalue weighted by atomic mass is 35.5. The Morgan fingerprint density at radius 1 is 1.30 bits per heavy atom. The number of rotatable bonds is 5. The van der Waals surface area contributed by atoms with Crippen molar-refractivity contribution in [1.29, 1.82) is 0 Å². The van der Waals surface area contributed by atoms with Crippen LogP contribution >= 0.6 is 34.5 Å². The number of thiazole rings is 1. The first-order chi connectivity index (χ1) is 9.61. The van der Waals surface area contributed by atoms with Crippen LogP contribution in [0, 0.1) is 6.92 Å². The topological polar surface area (TPSA) is 24.9 Å². The molecule has 106 valence electrons. The molecule has 1 aliphatic carbocycles. The van der Waals surface area contributed by atoms with Crippen LogP contribution in [0.2, 0.25) is 10.0 Å². The molecule has 0 saturated heterocycles. The fourth-order valence-corrected chi connectivity index (χ4v) is 3.45. The van der Waals surface area contributed by atoms with Crippen LogP contribution in [0.5, 0.6) is 0 Å². The van der Waals surface area contributed by atoms with E-state index in [1.54, 1.807) is 11.3 Å². The Bertz CT molecular complexity index is 620. The highest BCUT2D eigenvalue weighted by Crippen LogP contribution is 2.26. The van der Waals surface area contributed by atoms with E-state index in [2.05, 4.69) is 17.2 Å². The van der Waals surface area contributed by atoms with Crippen molar-refractivity contribution in [3.63, 3.8) is 0 Å². The molecule has 1 aromatic heterocycles. The fraction of sp³-hybridized carbons (Fsp3) is 0.400. The number of halogens is 2. The average molecular weight is 327 g/mol. The van der Waals surface area contributed by atoms with Gasteiger partial charge in [-0.25, -0.2) is 4.98 Å². The molecule has 0 spiro atoms. The lowest BCUT2D eigenvalue weighted by Gasteiger charge is -2.01. The lowest BCUT2D eigenvalue weighted by Crippen LogP contribution is -2.14. The van der Waals surface area contributed by atoms with Crippen molar-refractivity contribution >= 4 is 34.5 Å². The third kappa shape index (κ3) is 3.53. The molecule has 1 heterocycles. The molecule has 1 N–H and O–H groups in total. The zero-order valence-corrected chi connectivity index (χ0v) is 13.6. The molecule has 2 nitrogen and oxygen atoms in total. The van der Waals surface area contributed by atoms with Crippen molar-refractivity contribution in [3.8, 4) is 0 Å². The van der Waals surface area contributed by atoms with Crippen molar-refractivity contribution in [2.45, 2.75) is 38.8 Å². The quantitative estimate of drug-likeness (QED) is 0.868. The van der Waals surface area contributed by atoms with Crippen LogP contribution in [-0.2, 0) is 13.0 Å². The number of nitrogens with zero attached hydrogens (tertiary/aromatic N) is 1. The maximum absolute atomic E-state index is 6.05. The summed E-state index contributed by atoms with van der Waals surface area (Å²) < 4.78 is 0. The van der Waals surface area contributed by atoms with Gasteiger partial charge in [0.05, 0.1) is 20.7 Å². The lowest BCUT2D eigenvalue weighted by molar-refractivity contribution is 0.691. The second-order valence-electron chi connectivity index (χ2n) is 5.20. The van der Waals surface area contributed by atoms with Crippen molar-refractivity contribution in [2.75, 3.05) is 0 Å². The van der Waals surface area contributed by atoms with E-state index in [9.17, 15) is 0 Å². The second kappa shape index (κ2) is 6.02. The van der Waals surface area contributed by atoms with E-state index < -0.39 is 0 Å². The molecule has 1 saturated carbocycles. The molecule has 1 aliphatic rings. The predicted molar refractivity (Wildman–Crippen MR) is 86.0 cm³/mol. The van der Waals surface area contributed by atoms with Crippen molar-refractivity contribution in [3.05, 3.63) is 49.4 Å². The van der Waals surface area contributed by atoms with Gasteiger partial charge in [0.2, 0.25) is 0 Å². The van der Waals surface area contributed by atoms with Crippen LogP contribution in [0.3, 0.4) is 0 Å². The van der Waals surface area contributed by atoms with Crippen molar-refractivity contribution in [1.82, 2.24) is 10.3 Å². The van der Waals surface area contributed by atoms with Crippen LogP contribution in [0.25, 0.3) is 0 Å². The SMILES string of the molecule is Cc1nc(Cc2ccc(Cl)c(Cl)c2)sc1CNC1CC1. The Kier molecular flexibility index (Phi) is 4.32. The van der Waals surface area contributed by atoms with E-state index in [1.807, 2.05) is 18.2 Å². The van der Waals surface area contributed by atoms with E-state index in [1.165, 1.54) is 17.7 Å². The highest BCUT2D eigenvalue weighted by Gasteiger charge is 2.21. The van der Waals surface area contributed by atoms with Gasteiger partial charge in [-0.15, -0.1) is 11.3 Å². The summed E-state index contributed by atoms with van der Waals surface area (Å²) in [6.45, 7) is 3.02. The van der Waals surface area contributed by atoms with Crippen LogP contribution in [0.15, 0.2) is 18.2 Å². The lowest BCUT2D eigenvalue weighted by atomic mass is 10.2. The Hall–Kier alpha value is -0.610. The van der Waals surface area contributed by atoms with Crippen molar-refractivity contribution < 1.29 is 0 Å². The van der Waals surface area contributed by atoms with E-state index in [-0.39, 0.29) is 0 Å². The Balaban J connectivity index is 1.69. The number of aryl methyl sites for hydroxylation is 1. The van der Waals surface area contributed by atoms with Crippen LogP contribution in [-0.4, -0.2) is 11.0 Å². The normalized spacial score (nSPS) is 14.8. The third-order valence-corrected chi connectivity index (χ3v) is 5.30. The van der Waals surface area contributed by atoms with Gasteiger partial charge in [-0.3, -0.25) is 0 Å². The van der Waals surface area contributed by atoms with Crippen LogP contribution < -0.4 is 5.32 Å². The molecule has 3 rings (SSSR count). The summed E-state index contributed by atoms with van der Waals surface area (Å²) in [5.41, 5.74) is 2.29. The summed E-state index contributed by atoms with van der Waals surface area (Å²) in [4.78, 5) is 6.00. The van der Waals surface area contributed by atoms with Gasteiger partial charge in [0.15, 0.2) is 0 Å². The summed E-state index contributed by atoms with van der Waals surface area (Å²) in [5, 5.41) is 5.87. The minimum absolute atomic E-state index is 0.597. The fourth-order valence-electron chi connectivity index (χ4n) is 2.08. The summed E-state index contributed by atoms with van der Waals surface area (Å²) in [5.74, 6) is 0. The second-order valence-corrected chi connectivity index (χ2v) is 7.18. The van der Waals surface area contributed by atoms with Crippen molar-refractivity contribution in [2.24, 2.45) is 0 Å². The Labute approximate surface area is 133 Å². The molecular formula is C15H16Cl2N2S. The van der Waals surface area contributed by atoms with Crippen LogP contribution in [0.1, 0.15) is 34.0 Å². The number of benzene rings is 1. The molecule has 0 aliphatic heterocycles. The first-order valence-electron chi connectivity index (χ1n) is 6.74. The van der Waals surface area contributed by atoms with Gasteiger partial charge >= 0.3 is 0 Å². The highest BCUT2D eigenvalue weighted by molar-refractivity contribution is 7.11. The zero-order chi connectivity index (χ0) is 14.1. The van der Waals surface area contributed by atoms with E-state index >= 15 is 0 Å². The molecule has 0 bridgehead atoms. The third-order valence-electron chi connectivity index (χ3n) is 3.40. The molecule has 1 aromatic carbocycles. The monoisotopic (exact) mass is 326 g/mol. The first-order valence-corrected chi connectivity index (χ1v) is 8.31. The van der Waals surface area contributed by atoms with Crippen LogP contribution in [0.4, 0.5) is 0 Å². The van der Waals surface area contributed by atoms with Gasteiger partial charge in [0.1, 0.15) is 0 Å². The Morgan fingerprint density at radius 2 is 2.10 bits per heavy atom. The van der Waals surface area contributed by atoms with Gasteiger partial charge in [0.25, 0.3) is 0 Å². The minimum atomic E-state index is 0.597. The minimum Gasteiger partial charge on any atom is -0.309 e. The number of nitrogens with one attached hydrogen (secondary N) is 1. The molecule has 0 radical (unpaired) electrons. The van der Waals surface area contributed by atoms with Gasteiger partial charge < -0.3 is 5.32 Å². The summed E-state index contributed by atoms with van der Waals surface area (Å²) in [6.07, 6.45) is 3.44. The summed E-state index contributed by atoms with van der Waals surface area (Å²) in [6, 6.07) is 6.50. The standard InChI is InChI=1S/C15H16Cl2N2S/c1-9-14(8-18-11-3-4-11)20-15(19-9)7-10-2-5-12(16)13(17)6-10/h2,5-6,11,18H,3-4,7-8H2,1H3. The van der Waals surface area contributed by atoms with E-state index in [0.717, 1.165) is 35.3 Å². The number of hydrogen-bond acceptors (Lipinski definition) is 3. The first kappa shape index (κ1) is 14.3. The molecule has 0 unspecified atom stereocenters. The van der Waals surface area contributed by atoms with Gasteiger partial charge in [-0.05, 0) is 37.5 Å². The van der Waals surface area contributed by atoms with Gasteiger partial charge in [0, 0.05) is 23.9 Å². The summed E-state index contributed by atoms with van der Waals surface area (Å²) >= 11 is 13.8.